The Kier molecular flexibility index (Phi) is 4.01. The zero-order valence-corrected chi connectivity index (χ0v) is 15.1. The molecule has 1 aliphatic heterocycles. The first-order valence-corrected chi connectivity index (χ1v) is 9.37. The summed E-state index contributed by atoms with van der Waals surface area (Å²) in [6.45, 7) is 15.9. The van der Waals surface area contributed by atoms with E-state index in [1.54, 1.807) is 0 Å². The van der Waals surface area contributed by atoms with Crippen molar-refractivity contribution in [3.05, 3.63) is 11.1 Å². The predicted octanol–water partition coefficient (Wildman–Crippen LogP) is 5.27. The lowest BCUT2D eigenvalue weighted by molar-refractivity contribution is 0.0779. The molecule has 0 aromatic heterocycles. The standard InChI is InChI=1S/C20H35N/c1-13(2)16-8-7-9-20(19(16)14(3)4)10-11-21(15(5)6)18-12-17(18)20/h13-15,17-18H,7-12H2,1-6H3. The second-order valence-corrected chi connectivity index (χ2v) is 8.75. The van der Waals surface area contributed by atoms with Gasteiger partial charge in [0.2, 0.25) is 0 Å². The summed E-state index contributed by atoms with van der Waals surface area (Å²) in [4.78, 5) is 2.79. The number of nitrogens with zero attached hydrogens (tertiary/aromatic N) is 1. The second-order valence-electron chi connectivity index (χ2n) is 8.75. The molecule has 0 aromatic carbocycles. The molecule has 3 atom stereocenters. The van der Waals surface area contributed by atoms with Gasteiger partial charge in [0, 0.05) is 12.1 Å². The summed E-state index contributed by atoms with van der Waals surface area (Å²) >= 11 is 0. The molecule has 3 rings (SSSR count). The molecule has 1 spiro atoms. The molecule has 120 valence electrons. The highest BCUT2D eigenvalue weighted by atomic mass is 15.2. The van der Waals surface area contributed by atoms with Gasteiger partial charge in [0.1, 0.15) is 0 Å². The molecule has 2 fully saturated rings. The third kappa shape index (κ3) is 2.40. The smallest absolute Gasteiger partial charge is 0.0139 e. The molecule has 3 aliphatic rings. The largest absolute Gasteiger partial charge is 0.298 e. The summed E-state index contributed by atoms with van der Waals surface area (Å²) < 4.78 is 0. The van der Waals surface area contributed by atoms with E-state index in [1.165, 1.54) is 38.6 Å². The van der Waals surface area contributed by atoms with Crippen LogP contribution in [-0.2, 0) is 0 Å². The van der Waals surface area contributed by atoms with Gasteiger partial charge in [-0.2, -0.15) is 0 Å². The van der Waals surface area contributed by atoms with E-state index >= 15 is 0 Å². The van der Waals surface area contributed by atoms with Gasteiger partial charge in [-0.1, -0.05) is 38.8 Å². The molecule has 1 saturated heterocycles. The van der Waals surface area contributed by atoms with E-state index < -0.39 is 0 Å². The average Bonchev–Trinajstić information content (AvgIpc) is 3.19. The van der Waals surface area contributed by atoms with Crippen LogP contribution in [0.25, 0.3) is 0 Å². The Morgan fingerprint density at radius 2 is 1.71 bits per heavy atom. The average molecular weight is 290 g/mol. The molecule has 0 N–H and O–H groups in total. The van der Waals surface area contributed by atoms with E-state index in [4.69, 9.17) is 0 Å². The van der Waals surface area contributed by atoms with Gasteiger partial charge in [-0.15, -0.1) is 0 Å². The fraction of sp³-hybridized carbons (Fsp3) is 0.900. The summed E-state index contributed by atoms with van der Waals surface area (Å²) in [5.74, 6) is 2.47. The van der Waals surface area contributed by atoms with Crippen LogP contribution in [0.4, 0.5) is 0 Å². The monoisotopic (exact) mass is 289 g/mol. The number of piperidine rings is 1. The molecule has 1 nitrogen and oxygen atoms in total. The Labute approximate surface area is 132 Å². The third-order valence-electron chi connectivity index (χ3n) is 6.60. The lowest BCUT2D eigenvalue weighted by Crippen LogP contribution is -2.47. The highest BCUT2D eigenvalue weighted by Crippen LogP contribution is 2.64. The first kappa shape index (κ1) is 15.6. The van der Waals surface area contributed by atoms with Crippen LogP contribution >= 0.6 is 0 Å². The van der Waals surface area contributed by atoms with Gasteiger partial charge in [0.05, 0.1) is 0 Å². The van der Waals surface area contributed by atoms with Crippen LogP contribution in [-0.4, -0.2) is 23.5 Å². The lowest BCUT2D eigenvalue weighted by Gasteiger charge is -2.49. The van der Waals surface area contributed by atoms with Crippen molar-refractivity contribution in [1.82, 2.24) is 4.90 Å². The van der Waals surface area contributed by atoms with Gasteiger partial charge in [0.15, 0.2) is 0 Å². The SMILES string of the molecule is CC(C)C1=C(C(C)C)C2(CCC1)CCN(C(C)C)C1CC12. The van der Waals surface area contributed by atoms with Crippen LogP contribution in [0, 0.1) is 23.2 Å². The first-order chi connectivity index (χ1) is 9.88. The Balaban J connectivity index is 1.96. The van der Waals surface area contributed by atoms with E-state index in [-0.39, 0.29) is 0 Å². The highest BCUT2D eigenvalue weighted by molar-refractivity contribution is 5.33. The Bertz CT molecular complexity index is 431. The first-order valence-electron chi connectivity index (χ1n) is 9.37. The summed E-state index contributed by atoms with van der Waals surface area (Å²) in [6, 6.07) is 1.64. The number of hydrogen-bond donors (Lipinski definition) is 0. The Hall–Kier alpha value is -0.300. The van der Waals surface area contributed by atoms with Crippen molar-refractivity contribution in [1.29, 1.82) is 0 Å². The maximum Gasteiger partial charge on any atom is 0.0139 e. The number of rotatable bonds is 3. The molecule has 0 amide bonds. The van der Waals surface area contributed by atoms with E-state index in [9.17, 15) is 0 Å². The van der Waals surface area contributed by atoms with Gasteiger partial charge in [-0.25, -0.2) is 0 Å². The minimum absolute atomic E-state index is 0.585. The summed E-state index contributed by atoms with van der Waals surface area (Å²) in [7, 11) is 0. The zero-order valence-electron chi connectivity index (χ0n) is 15.1. The molecule has 1 heterocycles. The number of likely N-dealkylation sites (tertiary alicyclic amines) is 1. The minimum atomic E-state index is 0.585. The van der Waals surface area contributed by atoms with Crippen molar-refractivity contribution in [2.24, 2.45) is 23.2 Å². The van der Waals surface area contributed by atoms with Crippen LogP contribution in [0.3, 0.4) is 0 Å². The molecule has 0 aromatic rings. The predicted molar refractivity (Wildman–Crippen MR) is 91.3 cm³/mol. The third-order valence-corrected chi connectivity index (χ3v) is 6.60. The van der Waals surface area contributed by atoms with Gasteiger partial charge in [-0.05, 0) is 75.7 Å². The van der Waals surface area contributed by atoms with Crippen LogP contribution in [0.5, 0.6) is 0 Å². The summed E-state index contributed by atoms with van der Waals surface area (Å²) in [5, 5.41) is 0. The number of hydrogen-bond acceptors (Lipinski definition) is 1. The van der Waals surface area contributed by atoms with Crippen molar-refractivity contribution < 1.29 is 0 Å². The fourth-order valence-electron chi connectivity index (χ4n) is 5.84. The topological polar surface area (TPSA) is 3.24 Å². The highest BCUT2D eigenvalue weighted by Gasteiger charge is 2.60. The molecule has 21 heavy (non-hydrogen) atoms. The van der Waals surface area contributed by atoms with Crippen LogP contribution in [0.1, 0.15) is 73.6 Å². The maximum absolute atomic E-state index is 2.79. The second kappa shape index (κ2) is 5.41. The Morgan fingerprint density at radius 3 is 2.29 bits per heavy atom. The Morgan fingerprint density at radius 1 is 1.00 bits per heavy atom. The summed E-state index contributed by atoms with van der Waals surface area (Å²) in [6.07, 6.45) is 7.19. The molecular formula is C20H35N. The summed E-state index contributed by atoms with van der Waals surface area (Å²) in [5.41, 5.74) is 4.32. The van der Waals surface area contributed by atoms with Crippen molar-refractivity contribution in [2.75, 3.05) is 6.54 Å². The molecule has 1 saturated carbocycles. The van der Waals surface area contributed by atoms with Crippen molar-refractivity contribution in [3.63, 3.8) is 0 Å². The van der Waals surface area contributed by atoms with Gasteiger partial charge in [0.25, 0.3) is 0 Å². The normalized spacial score (nSPS) is 37.0. The van der Waals surface area contributed by atoms with E-state index in [0.29, 0.717) is 5.41 Å². The van der Waals surface area contributed by atoms with Crippen molar-refractivity contribution >= 4 is 0 Å². The van der Waals surface area contributed by atoms with Gasteiger partial charge in [-0.3, -0.25) is 4.90 Å². The molecule has 0 radical (unpaired) electrons. The number of allylic oxidation sites excluding steroid dienone is 2. The zero-order chi connectivity index (χ0) is 15.4. The fourth-order valence-corrected chi connectivity index (χ4v) is 5.84. The molecular weight excluding hydrogens is 254 g/mol. The molecule has 0 bridgehead atoms. The van der Waals surface area contributed by atoms with Crippen molar-refractivity contribution in [3.8, 4) is 0 Å². The van der Waals surface area contributed by atoms with Crippen LogP contribution in [0.15, 0.2) is 11.1 Å². The molecule has 2 aliphatic carbocycles. The molecule has 1 heteroatoms. The minimum Gasteiger partial charge on any atom is -0.298 e. The molecule has 3 unspecified atom stereocenters. The van der Waals surface area contributed by atoms with E-state index in [1.807, 2.05) is 11.1 Å². The lowest BCUT2D eigenvalue weighted by atomic mass is 9.59. The van der Waals surface area contributed by atoms with E-state index in [0.717, 1.165) is 29.8 Å². The van der Waals surface area contributed by atoms with Crippen molar-refractivity contribution in [2.45, 2.75) is 85.7 Å². The maximum atomic E-state index is 2.79. The van der Waals surface area contributed by atoms with Crippen LogP contribution < -0.4 is 0 Å². The van der Waals surface area contributed by atoms with E-state index in [2.05, 4.69) is 46.4 Å². The van der Waals surface area contributed by atoms with Crippen LogP contribution in [0.2, 0.25) is 0 Å². The number of fused-ring (bicyclic) bond motifs is 2. The quantitative estimate of drug-likeness (QED) is 0.640. The van der Waals surface area contributed by atoms with Gasteiger partial charge < -0.3 is 0 Å². The van der Waals surface area contributed by atoms with Gasteiger partial charge >= 0.3 is 0 Å².